The summed E-state index contributed by atoms with van der Waals surface area (Å²) in [5, 5.41) is 12.4. The Kier molecular flexibility index (Phi) is 6.50. The number of ether oxygens (including phenoxy) is 1. The first-order valence-electron chi connectivity index (χ1n) is 6.56. The number of aryl methyl sites for hydroxylation is 1. The van der Waals surface area contributed by atoms with Crippen LogP contribution in [0.3, 0.4) is 0 Å². The van der Waals surface area contributed by atoms with Gasteiger partial charge in [0.05, 0.1) is 19.0 Å². The number of methoxy groups -OCH3 is 1. The minimum atomic E-state index is 0.249. The highest BCUT2D eigenvalue weighted by Crippen LogP contribution is 2.24. The molecule has 0 amide bonds. The molecule has 1 atom stereocenters. The molecule has 2 N–H and O–H groups in total. The fourth-order valence-corrected chi connectivity index (χ4v) is 2.04. The Balaban J connectivity index is 2.62. The predicted molar refractivity (Wildman–Crippen MR) is 74.1 cm³/mol. The van der Waals surface area contributed by atoms with E-state index in [4.69, 9.17) is 9.84 Å². The summed E-state index contributed by atoms with van der Waals surface area (Å²) in [6.07, 6.45) is 4.84. The molecule has 4 heteroatoms. The van der Waals surface area contributed by atoms with Gasteiger partial charge in [-0.3, -0.25) is 4.98 Å². The lowest BCUT2D eigenvalue weighted by atomic mass is 10.0. The van der Waals surface area contributed by atoms with Gasteiger partial charge >= 0.3 is 0 Å². The highest BCUT2D eigenvalue weighted by atomic mass is 16.5. The zero-order valence-electron chi connectivity index (χ0n) is 11.6. The lowest BCUT2D eigenvalue weighted by Crippen LogP contribution is -2.16. The molecule has 0 aromatic carbocycles. The van der Waals surface area contributed by atoms with Gasteiger partial charge in [0.15, 0.2) is 5.75 Å². The summed E-state index contributed by atoms with van der Waals surface area (Å²) in [4.78, 5) is 4.21. The Bertz CT molecular complexity index is 350. The molecule has 0 bridgehead atoms. The van der Waals surface area contributed by atoms with Gasteiger partial charge in [0.2, 0.25) is 0 Å². The third-order valence-electron chi connectivity index (χ3n) is 3.04. The maximum Gasteiger partial charge on any atom is 0.160 e. The zero-order valence-corrected chi connectivity index (χ0v) is 11.6. The number of hydrogen-bond donors (Lipinski definition) is 2. The molecule has 1 rings (SSSR count). The number of aliphatic hydroxyl groups is 1. The van der Waals surface area contributed by atoms with Crippen molar-refractivity contribution in [1.82, 2.24) is 4.98 Å². The van der Waals surface area contributed by atoms with Gasteiger partial charge in [0, 0.05) is 18.8 Å². The fourth-order valence-electron chi connectivity index (χ4n) is 2.04. The molecular formula is C14H24N2O2. The Morgan fingerprint density at radius 2 is 2.22 bits per heavy atom. The second kappa shape index (κ2) is 7.93. The van der Waals surface area contributed by atoms with Crippen LogP contribution in [0, 0.1) is 12.8 Å². The summed E-state index contributed by atoms with van der Waals surface area (Å²) in [6.45, 7) is 5.23. The van der Waals surface area contributed by atoms with Gasteiger partial charge < -0.3 is 15.2 Å². The molecule has 102 valence electrons. The first kappa shape index (κ1) is 14.8. The van der Waals surface area contributed by atoms with Crippen LogP contribution in [0.4, 0.5) is 5.69 Å². The van der Waals surface area contributed by atoms with E-state index in [1.54, 1.807) is 13.3 Å². The molecule has 18 heavy (non-hydrogen) atoms. The summed E-state index contributed by atoms with van der Waals surface area (Å²) in [7, 11) is 1.65. The van der Waals surface area contributed by atoms with Crippen LogP contribution in [0.15, 0.2) is 12.3 Å². The highest BCUT2D eigenvalue weighted by molar-refractivity contribution is 5.55. The molecule has 0 fully saturated rings. The van der Waals surface area contributed by atoms with Crippen LogP contribution in [0.2, 0.25) is 0 Å². The Morgan fingerprint density at radius 1 is 1.44 bits per heavy atom. The quantitative estimate of drug-likeness (QED) is 0.746. The summed E-state index contributed by atoms with van der Waals surface area (Å²) in [5.74, 6) is 1.26. The molecule has 0 aliphatic carbocycles. The number of anilines is 1. The Hall–Kier alpha value is -1.29. The molecule has 1 heterocycles. The SMILES string of the molecule is CCCC(CCO)CNc1cc(C)ncc1OC. The molecule has 4 nitrogen and oxygen atoms in total. The van der Waals surface area contributed by atoms with Crippen LogP contribution in [0.25, 0.3) is 0 Å². The van der Waals surface area contributed by atoms with Gasteiger partial charge in [0.1, 0.15) is 0 Å². The number of nitrogens with one attached hydrogen (secondary N) is 1. The third-order valence-corrected chi connectivity index (χ3v) is 3.04. The number of aliphatic hydroxyl groups excluding tert-OH is 1. The predicted octanol–water partition coefficient (Wildman–Crippen LogP) is 2.61. The van der Waals surface area contributed by atoms with Crippen molar-refractivity contribution in [3.8, 4) is 5.75 Å². The summed E-state index contributed by atoms with van der Waals surface area (Å²) in [6, 6.07) is 1.99. The van der Waals surface area contributed by atoms with Crippen molar-refractivity contribution in [3.05, 3.63) is 18.0 Å². The van der Waals surface area contributed by atoms with Crippen molar-refractivity contribution in [2.75, 3.05) is 25.6 Å². The average molecular weight is 252 g/mol. The van der Waals surface area contributed by atoms with Gasteiger partial charge in [0.25, 0.3) is 0 Å². The fraction of sp³-hybridized carbons (Fsp3) is 0.643. The average Bonchev–Trinajstić information content (AvgIpc) is 2.36. The van der Waals surface area contributed by atoms with E-state index in [9.17, 15) is 0 Å². The van der Waals surface area contributed by atoms with Crippen molar-refractivity contribution in [2.45, 2.75) is 33.1 Å². The van der Waals surface area contributed by atoms with E-state index in [1.807, 2.05) is 13.0 Å². The number of nitrogens with zero attached hydrogens (tertiary/aromatic N) is 1. The van der Waals surface area contributed by atoms with E-state index in [0.29, 0.717) is 5.92 Å². The smallest absolute Gasteiger partial charge is 0.160 e. The molecular weight excluding hydrogens is 228 g/mol. The first-order chi connectivity index (χ1) is 8.71. The third kappa shape index (κ3) is 4.53. The Morgan fingerprint density at radius 3 is 2.83 bits per heavy atom. The van der Waals surface area contributed by atoms with Gasteiger partial charge in [-0.25, -0.2) is 0 Å². The van der Waals surface area contributed by atoms with Crippen molar-refractivity contribution in [2.24, 2.45) is 5.92 Å². The number of rotatable bonds is 8. The standard InChI is InChI=1S/C14H24N2O2/c1-4-5-12(6-7-17)9-16-13-8-11(2)15-10-14(13)18-3/h8,10,12,17H,4-7,9H2,1-3H3,(H,15,16). The Labute approximate surface area is 109 Å². The van der Waals surface area contributed by atoms with Crippen LogP contribution >= 0.6 is 0 Å². The van der Waals surface area contributed by atoms with Gasteiger partial charge in [-0.05, 0) is 31.7 Å². The molecule has 1 unspecified atom stereocenters. The lowest BCUT2D eigenvalue weighted by molar-refractivity contribution is 0.255. The molecule has 0 saturated heterocycles. The normalized spacial score (nSPS) is 12.2. The lowest BCUT2D eigenvalue weighted by Gasteiger charge is -2.18. The van der Waals surface area contributed by atoms with E-state index >= 15 is 0 Å². The van der Waals surface area contributed by atoms with Crippen LogP contribution in [-0.2, 0) is 0 Å². The monoisotopic (exact) mass is 252 g/mol. The molecule has 1 aromatic heterocycles. The maximum absolute atomic E-state index is 9.04. The van der Waals surface area contributed by atoms with E-state index in [2.05, 4.69) is 17.2 Å². The second-order valence-corrected chi connectivity index (χ2v) is 4.57. The first-order valence-corrected chi connectivity index (χ1v) is 6.56. The zero-order chi connectivity index (χ0) is 13.4. The molecule has 0 radical (unpaired) electrons. The largest absolute Gasteiger partial charge is 0.493 e. The van der Waals surface area contributed by atoms with E-state index in [0.717, 1.165) is 42.9 Å². The number of hydrogen-bond acceptors (Lipinski definition) is 4. The number of pyridine rings is 1. The van der Waals surface area contributed by atoms with Crippen molar-refractivity contribution >= 4 is 5.69 Å². The van der Waals surface area contributed by atoms with E-state index in [1.165, 1.54) is 0 Å². The van der Waals surface area contributed by atoms with E-state index < -0.39 is 0 Å². The van der Waals surface area contributed by atoms with Crippen LogP contribution in [0.1, 0.15) is 31.9 Å². The van der Waals surface area contributed by atoms with Gasteiger partial charge in [-0.2, -0.15) is 0 Å². The van der Waals surface area contributed by atoms with Crippen LogP contribution in [-0.4, -0.2) is 30.4 Å². The molecule has 0 spiro atoms. The maximum atomic E-state index is 9.04. The molecule has 0 aliphatic rings. The topological polar surface area (TPSA) is 54.4 Å². The van der Waals surface area contributed by atoms with Crippen molar-refractivity contribution < 1.29 is 9.84 Å². The van der Waals surface area contributed by atoms with E-state index in [-0.39, 0.29) is 6.61 Å². The molecule has 0 aliphatic heterocycles. The van der Waals surface area contributed by atoms with Gasteiger partial charge in [-0.1, -0.05) is 13.3 Å². The van der Waals surface area contributed by atoms with Crippen LogP contribution in [0.5, 0.6) is 5.75 Å². The summed E-state index contributed by atoms with van der Waals surface area (Å²) < 4.78 is 5.28. The summed E-state index contributed by atoms with van der Waals surface area (Å²) >= 11 is 0. The van der Waals surface area contributed by atoms with Crippen molar-refractivity contribution in [3.63, 3.8) is 0 Å². The highest BCUT2D eigenvalue weighted by Gasteiger charge is 2.09. The summed E-state index contributed by atoms with van der Waals surface area (Å²) in [5.41, 5.74) is 1.94. The van der Waals surface area contributed by atoms with Gasteiger partial charge in [-0.15, -0.1) is 0 Å². The minimum Gasteiger partial charge on any atom is -0.493 e. The number of aromatic nitrogens is 1. The minimum absolute atomic E-state index is 0.249. The molecule has 0 saturated carbocycles. The second-order valence-electron chi connectivity index (χ2n) is 4.57. The molecule has 1 aromatic rings. The van der Waals surface area contributed by atoms with Crippen molar-refractivity contribution in [1.29, 1.82) is 0 Å². The van der Waals surface area contributed by atoms with Crippen LogP contribution < -0.4 is 10.1 Å².